The fraction of sp³-hybridized carbons (Fsp3) is 0.353. The first kappa shape index (κ1) is 104. The zero-order valence-electron chi connectivity index (χ0n) is 80.3. The van der Waals surface area contributed by atoms with Crippen molar-refractivity contribution in [1.82, 2.24) is 58.3 Å². The van der Waals surface area contributed by atoms with Crippen molar-refractivity contribution in [2.45, 2.75) is 182 Å². The number of fused-ring (bicyclic) bond motifs is 15. The largest absolute Gasteiger partial charge is 0.484 e. The van der Waals surface area contributed by atoms with Gasteiger partial charge in [-0.3, -0.25) is 42.5 Å². The highest BCUT2D eigenvalue weighted by Gasteiger charge is 2.48. The highest BCUT2D eigenvalue weighted by Crippen LogP contribution is 2.54. The SMILES string of the molecule is C=CC(=O)N1CC2CNc3c(c4cc(F)c(-c5c(N)c(Cl)cc(Cl)c5F)c(F)c4n(-c4c(C(C)C)ncnc4C(C)C)c3=O)N2CC1C.C=CC(=O)N1CC2COc3c(c4cc(F)c(-c5c(N)c(Cl)cc(Cl)c5F)c(F)c4n(-c4c(C(C)C)ncnc4C(C)C)c3=O)N2CC1C.C=CC(=O)N1CC2Cc3c(c4cc(F)c(-c5c(N)c(Cl)cc(Cl)c5F)c(Cl)c4n(-c4c(C(C)C)ncnc4C(C)C)c3=O)N2CC1C. The molecule has 143 heavy (non-hydrogen) atoms. The summed E-state index contributed by atoms with van der Waals surface area (Å²) in [6.07, 6.45) is 8.25. The number of anilines is 7. The molecule has 12 heterocycles. The number of rotatable bonds is 15. The quantitative estimate of drug-likeness (QED) is 0.0321. The second-order valence-electron chi connectivity index (χ2n) is 38.2. The van der Waals surface area contributed by atoms with Gasteiger partial charge in [0.2, 0.25) is 23.5 Å². The summed E-state index contributed by atoms with van der Waals surface area (Å²) in [4.78, 5) is 120. The number of nitrogens with two attached hydrogens (primary N) is 3. The van der Waals surface area contributed by atoms with Crippen LogP contribution in [0.3, 0.4) is 0 Å². The Morgan fingerprint density at radius 3 is 1.08 bits per heavy atom. The second-order valence-corrected chi connectivity index (χ2v) is 41.0. The van der Waals surface area contributed by atoms with E-state index in [0.29, 0.717) is 76.0 Å². The molecule has 12 aromatic rings. The summed E-state index contributed by atoms with van der Waals surface area (Å²) in [5.74, 6) is -11.3. The first-order chi connectivity index (χ1) is 67.6. The van der Waals surface area contributed by atoms with Gasteiger partial charge in [-0.25, -0.2) is 65.0 Å². The van der Waals surface area contributed by atoms with Crippen molar-refractivity contribution in [3.8, 4) is 56.2 Å². The number of ether oxygens (including phenoxy) is 1. The number of pyridine rings is 3. The van der Waals surface area contributed by atoms with Crippen LogP contribution < -0.4 is 58.6 Å². The van der Waals surface area contributed by atoms with Crippen LogP contribution in [0.1, 0.15) is 179 Å². The molecule has 7 N–H and O–H groups in total. The summed E-state index contributed by atoms with van der Waals surface area (Å²) < 4.78 is 141. The molecule has 41 heteroatoms. The molecule has 3 saturated heterocycles. The van der Waals surface area contributed by atoms with E-state index in [1.807, 2.05) is 119 Å². The highest BCUT2D eigenvalue weighted by molar-refractivity contribution is 6.41. The number of piperazine rings is 3. The molecule has 0 saturated carbocycles. The number of benzene rings is 6. The van der Waals surface area contributed by atoms with Crippen LogP contribution in [0, 0.1) is 46.5 Å². The van der Waals surface area contributed by atoms with Gasteiger partial charge in [-0.2, -0.15) is 0 Å². The van der Waals surface area contributed by atoms with Crippen molar-refractivity contribution < 1.29 is 54.2 Å². The molecule has 18 rings (SSSR count). The summed E-state index contributed by atoms with van der Waals surface area (Å²) in [6, 6.07) is 4.60. The van der Waals surface area contributed by atoms with E-state index in [-0.39, 0.29) is 221 Å². The van der Waals surface area contributed by atoms with E-state index in [0.717, 1.165) is 39.5 Å². The maximum Gasteiger partial charge on any atom is 0.300 e. The fourth-order valence-electron chi connectivity index (χ4n) is 20.5. The minimum absolute atomic E-state index is 0.0204. The number of nitrogens with one attached hydrogen (secondary N) is 1. The van der Waals surface area contributed by atoms with E-state index >= 15 is 35.1 Å². The number of halogens is 15. The van der Waals surface area contributed by atoms with E-state index in [4.69, 9.17) is 103 Å². The van der Waals surface area contributed by atoms with Crippen LogP contribution >= 0.6 is 81.2 Å². The normalized spacial score (nSPS) is 17.5. The van der Waals surface area contributed by atoms with Crippen molar-refractivity contribution in [3.63, 3.8) is 0 Å². The molecule has 6 aliphatic heterocycles. The molecule has 0 aliphatic carbocycles. The van der Waals surface area contributed by atoms with Gasteiger partial charge in [0.25, 0.3) is 16.7 Å². The van der Waals surface area contributed by atoms with Crippen molar-refractivity contribution in [1.29, 1.82) is 0 Å². The molecular weight excluding hydrogens is 2000 g/mol. The van der Waals surface area contributed by atoms with Gasteiger partial charge >= 0.3 is 0 Å². The first-order valence-corrected chi connectivity index (χ1v) is 48.8. The van der Waals surface area contributed by atoms with Crippen molar-refractivity contribution in [3.05, 3.63) is 246 Å². The van der Waals surface area contributed by atoms with E-state index < -0.39 is 118 Å². The average Bonchev–Trinajstić information content (AvgIpc) is 1.64. The molecule has 6 atom stereocenters. The molecule has 26 nitrogen and oxygen atoms in total. The molecule has 6 aromatic heterocycles. The average molecular weight is 2100 g/mol. The number of amides is 3. The summed E-state index contributed by atoms with van der Waals surface area (Å²) >= 11 is 44.2. The third-order valence-electron chi connectivity index (χ3n) is 27.1. The van der Waals surface area contributed by atoms with Crippen LogP contribution in [-0.2, 0) is 20.8 Å². The van der Waals surface area contributed by atoms with Gasteiger partial charge in [0.15, 0.2) is 29.1 Å². The number of hydrogen-bond donors (Lipinski definition) is 4. The van der Waals surface area contributed by atoms with Gasteiger partial charge in [-0.1, -0.05) is 184 Å². The van der Waals surface area contributed by atoms with Crippen LogP contribution in [0.25, 0.3) is 83.2 Å². The number of nitrogen functional groups attached to an aromatic ring is 3. The summed E-state index contributed by atoms with van der Waals surface area (Å²) in [6.45, 7) is 41.1. The number of hydrogen-bond acceptors (Lipinski definition) is 20. The fourth-order valence-corrected chi connectivity index (χ4v) is 22.2. The molecule has 750 valence electrons. The topological polar surface area (TPSA) is 313 Å². The van der Waals surface area contributed by atoms with E-state index in [9.17, 15) is 28.8 Å². The predicted molar refractivity (Wildman–Crippen MR) is 549 cm³/mol. The van der Waals surface area contributed by atoms with Crippen LogP contribution in [0.5, 0.6) is 5.75 Å². The van der Waals surface area contributed by atoms with Crippen molar-refractivity contribution in [2.75, 3.05) is 89.6 Å². The highest BCUT2D eigenvalue weighted by atomic mass is 35.5. The molecule has 0 radical (unpaired) electrons. The monoisotopic (exact) mass is 2100 g/mol. The Morgan fingerprint density at radius 2 is 0.706 bits per heavy atom. The molecule has 6 unspecified atom stereocenters. The van der Waals surface area contributed by atoms with Crippen molar-refractivity contribution in [2.24, 2.45) is 0 Å². The van der Waals surface area contributed by atoms with Gasteiger partial charge in [0, 0.05) is 114 Å². The zero-order chi connectivity index (χ0) is 104. The lowest BCUT2D eigenvalue weighted by atomic mass is 9.95. The molecule has 6 aliphatic rings. The van der Waals surface area contributed by atoms with Gasteiger partial charge in [-0.05, 0) is 111 Å². The van der Waals surface area contributed by atoms with E-state index in [2.05, 4.69) is 55.0 Å². The first-order valence-electron chi connectivity index (χ1n) is 46.2. The summed E-state index contributed by atoms with van der Waals surface area (Å²) in [5, 5.41) is 1.45. The van der Waals surface area contributed by atoms with Crippen molar-refractivity contribution >= 4 is 171 Å². The zero-order valence-corrected chi connectivity index (χ0v) is 85.6. The number of nitrogens with zero attached hydrogens (tertiary/aromatic N) is 15. The maximum absolute atomic E-state index is 17.5. The molecular formula is C102H100Cl7F8N19O7. The molecule has 6 aromatic carbocycles. The number of carbonyl (C=O) groups is 3. The Hall–Kier alpha value is -12.3. The Bertz CT molecular complexity index is 7180. The summed E-state index contributed by atoms with van der Waals surface area (Å²) in [7, 11) is 0. The minimum Gasteiger partial charge on any atom is -0.484 e. The lowest BCUT2D eigenvalue weighted by Gasteiger charge is -2.49. The van der Waals surface area contributed by atoms with Crippen LogP contribution in [0.2, 0.25) is 35.2 Å². The smallest absolute Gasteiger partial charge is 0.300 e. The van der Waals surface area contributed by atoms with Crippen LogP contribution in [-0.4, -0.2) is 165 Å². The third kappa shape index (κ3) is 17.3. The van der Waals surface area contributed by atoms with E-state index in [1.165, 1.54) is 47.8 Å². The van der Waals surface area contributed by atoms with Gasteiger partial charge in [-0.15, -0.1) is 0 Å². The van der Waals surface area contributed by atoms with Crippen LogP contribution in [0.4, 0.5) is 74.9 Å². The number of aromatic nitrogens is 9. The van der Waals surface area contributed by atoms with Gasteiger partial charge < -0.3 is 56.7 Å². The number of carbonyl (C=O) groups excluding carboxylic acids is 3. The van der Waals surface area contributed by atoms with Gasteiger partial charge in [0.1, 0.15) is 48.7 Å². The molecule has 0 bridgehead atoms. The lowest BCUT2D eigenvalue weighted by molar-refractivity contribution is -0.129. The second kappa shape index (κ2) is 39.7. The Kier molecular flexibility index (Phi) is 28.7. The maximum atomic E-state index is 17.5. The van der Waals surface area contributed by atoms with Crippen LogP contribution in [0.15, 0.2) is 108 Å². The molecule has 3 fully saturated rings. The lowest BCUT2D eigenvalue weighted by Crippen LogP contribution is -2.62. The third-order valence-corrected chi connectivity index (χ3v) is 29.3. The Morgan fingerprint density at radius 1 is 0.392 bits per heavy atom. The van der Waals surface area contributed by atoms with E-state index in [1.54, 1.807) is 14.7 Å². The predicted octanol–water partition coefficient (Wildman–Crippen LogP) is 21.7. The molecule has 0 spiro atoms. The molecule has 3 amide bonds. The Labute approximate surface area is 852 Å². The Balaban J connectivity index is 0.000000154. The standard InChI is InChI=1S/C34H33Cl3F2N6O2.C34H34Cl2F3N7O2.C34H33Cl2F3N6O3/c1-7-23(46)43-12-17-8-19-31(44(17)11-16(43)6)18-9-22(38)24(25-27(39)20(35)10-21(36)28(25)40)26(37)32(18)45(34(19)47)33-29(14(2)3)41-13-42-30(33)15(4)5;1-7-22(47)44-12-17-10-41-30-32(45(17)11-16(44)6)18-8-21(37)23(24-25(38)19(35)9-20(36)27(24)40)26(39)31(18)46(34(30)48)33-28(14(2)3)42-13-43-29(33)15(4)5;1-7-22(46)43-11-17-12-48-33-31(44(17)10-16(43)6)18-8-21(37)23(24-25(38)19(35)9-20(36)27(24)40)26(39)30(18)45(34(33)47)32-28(14(2)3)41-13-42-29(32)15(4)5/h7,9-10,13-17H,1,8,11-12,40H2,2-6H3;7-9,13-17,41H,1,10-12,40H2,2-6H3;7-9,13-17H,1,10-12,40H2,2-6H3. The van der Waals surface area contributed by atoms with Gasteiger partial charge in [0.05, 0.1) is 166 Å². The minimum atomic E-state index is -1.28. The summed E-state index contributed by atoms with van der Waals surface area (Å²) in [5.41, 5.74) is 16.5.